The molecule has 2 heterocycles. The molecule has 2 fully saturated rings. The maximum Gasteiger partial charge on any atom is 0.191 e. The maximum atomic E-state index is 13.9. The molecule has 1 saturated carbocycles. The number of likely N-dealkylation sites (tertiary alicyclic amines) is 1. The van der Waals surface area contributed by atoms with Crippen LogP contribution < -0.4 is 15.4 Å². The molecule has 2 N–H and O–H groups in total. The third-order valence-electron chi connectivity index (χ3n) is 5.45. The average Bonchev–Trinajstić information content (AvgIpc) is 3.42. The summed E-state index contributed by atoms with van der Waals surface area (Å²) in [6, 6.07) is 4.15. The van der Waals surface area contributed by atoms with E-state index in [2.05, 4.69) is 27.4 Å². The SMILES string of the molecule is CN=C(NCc1cc(F)cc2c1OCOC2)NC1CN(C2CC2)CC1C. The fourth-order valence-electron chi connectivity index (χ4n) is 3.87. The van der Waals surface area contributed by atoms with E-state index < -0.39 is 0 Å². The minimum atomic E-state index is -0.276. The lowest BCUT2D eigenvalue weighted by atomic mass is 10.1. The van der Waals surface area contributed by atoms with E-state index in [4.69, 9.17) is 9.47 Å². The Kier molecular flexibility index (Phi) is 5.00. The average molecular weight is 362 g/mol. The van der Waals surface area contributed by atoms with Crippen LogP contribution in [0, 0.1) is 11.7 Å². The lowest BCUT2D eigenvalue weighted by molar-refractivity contribution is -0.0172. The van der Waals surface area contributed by atoms with Crippen molar-refractivity contribution in [3.8, 4) is 5.75 Å². The van der Waals surface area contributed by atoms with Gasteiger partial charge in [-0.25, -0.2) is 4.39 Å². The van der Waals surface area contributed by atoms with E-state index in [0.717, 1.165) is 42.0 Å². The molecular formula is C19H27FN4O2. The zero-order valence-electron chi connectivity index (χ0n) is 15.4. The zero-order valence-corrected chi connectivity index (χ0v) is 15.4. The van der Waals surface area contributed by atoms with E-state index in [0.29, 0.717) is 25.1 Å². The van der Waals surface area contributed by atoms with Crippen LogP contribution in [0.15, 0.2) is 17.1 Å². The van der Waals surface area contributed by atoms with Crippen molar-refractivity contribution < 1.29 is 13.9 Å². The highest BCUT2D eigenvalue weighted by Crippen LogP contribution is 2.32. The summed E-state index contributed by atoms with van der Waals surface area (Å²) in [7, 11) is 1.76. The molecule has 7 heteroatoms. The molecule has 142 valence electrons. The number of guanidine groups is 1. The molecule has 0 bridgehead atoms. The number of rotatable bonds is 4. The van der Waals surface area contributed by atoms with Gasteiger partial charge < -0.3 is 20.1 Å². The van der Waals surface area contributed by atoms with Crippen LogP contribution in [0.25, 0.3) is 0 Å². The predicted octanol–water partition coefficient (Wildman–Crippen LogP) is 1.84. The molecule has 0 aromatic heterocycles. The Labute approximate surface area is 153 Å². The Morgan fingerprint density at radius 3 is 2.96 bits per heavy atom. The number of nitrogens with zero attached hydrogens (tertiary/aromatic N) is 2. The van der Waals surface area contributed by atoms with Crippen LogP contribution in [-0.4, -0.2) is 49.9 Å². The molecule has 6 nitrogen and oxygen atoms in total. The zero-order chi connectivity index (χ0) is 18.1. The van der Waals surface area contributed by atoms with E-state index in [1.807, 2.05) is 0 Å². The van der Waals surface area contributed by atoms with Crippen LogP contribution >= 0.6 is 0 Å². The highest BCUT2D eigenvalue weighted by molar-refractivity contribution is 5.80. The Bertz CT molecular complexity index is 692. The third-order valence-corrected chi connectivity index (χ3v) is 5.45. The first-order valence-corrected chi connectivity index (χ1v) is 9.37. The lowest BCUT2D eigenvalue weighted by Crippen LogP contribution is -2.46. The molecule has 1 aliphatic carbocycles. The number of fused-ring (bicyclic) bond motifs is 1. The molecule has 1 aromatic carbocycles. The Morgan fingerprint density at radius 1 is 1.35 bits per heavy atom. The molecule has 0 amide bonds. The van der Waals surface area contributed by atoms with E-state index in [1.54, 1.807) is 7.05 Å². The number of nitrogens with one attached hydrogen (secondary N) is 2. The monoisotopic (exact) mass is 362 g/mol. The molecule has 2 atom stereocenters. The van der Waals surface area contributed by atoms with Gasteiger partial charge in [-0.15, -0.1) is 0 Å². The Hall–Kier alpha value is -1.86. The van der Waals surface area contributed by atoms with E-state index >= 15 is 0 Å². The van der Waals surface area contributed by atoms with Gasteiger partial charge in [0.05, 0.1) is 6.61 Å². The van der Waals surface area contributed by atoms with Gasteiger partial charge in [0.2, 0.25) is 0 Å². The first kappa shape index (κ1) is 17.5. The predicted molar refractivity (Wildman–Crippen MR) is 97.6 cm³/mol. The van der Waals surface area contributed by atoms with Gasteiger partial charge in [-0.1, -0.05) is 6.92 Å². The largest absolute Gasteiger partial charge is 0.467 e. The van der Waals surface area contributed by atoms with Crippen molar-refractivity contribution in [1.29, 1.82) is 0 Å². The van der Waals surface area contributed by atoms with Crippen LogP contribution in [-0.2, 0) is 17.9 Å². The maximum absolute atomic E-state index is 13.9. The van der Waals surface area contributed by atoms with Crippen LogP contribution in [0.4, 0.5) is 4.39 Å². The van der Waals surface area contributed by atoms with Gasteiger partial charge in [0, 0.05) is 49.9 Å². The fourth-order valence-corrected chi connectivity index (χ4v) is 3.87. The third kappa shape index (κ3) is 3.78. The van der Waals surface area contributed by atoms with Crippen molar-refractivity contribution in [3.05, 3.63) is 29.1 Å². The minimum absolute atomic E-state index is 0.204. The summed E-state index contributed by atoms with van der Waals surface area (Å²) in [4.78, 5) is 6.91. The van der Waals surface area contributed by atoms with Gasteiger partial charge in [-0.3, -0.25) is 9.89 Å². The molecular weight excluding hydrogens is 335 g/mol. The quantitative estimate of drug-likeness (QED) is 0.632. The van der Waals surface area contributed by atoms with Crippen molar-refractivity contribution >= 4 is 5.96 Å². The van der Waals surface area contributed by atoms with Crippen LogP contribution in [0.2, 0.25) is 0 Å². The Morgan fingerprint density at radius 2 is 2.19 bits per heavy atom. The van der Waals surface area contributed by atoms with Gasteiger partial charge in [0.25, 0.3) is 0 Å². The summed E-state index contributed by atoms with van der Waals surface area (Å²) >= 11 is 0. The Balaban J connectivity index is 1.38. The number of hydrogen-bond donors (Lipinski definition) is 2. The van der Waals surface area contributed by atoms with Crippen LogP contribution in [0.1, 0.15) is 30.9 Å². The molecule has 26 heavy (non-hydrogen) atoms. The van der Waals surface area contributed by atoms with Gasteiger partial charge in [-0.2, -0.15) is 0 Å². The summed E-state index contributed by atoms with van der Waals surface area (Å²) in [6.45, 7) is 5.52. The number of benzene rings is 1. The summed E-state index contributed by atoms with van der Waals surface area (Å²) < 4.78 is 24.7. The molecule has 3 aliphatic rings. The van der Waals surface area contributed by atoms with E-state index in [1.165, 1.54) is 25.0 Å². The van der Waals surface area contributed by atoms with Crippen molar-refractivity contribution in [2.45, 2.75) is 45.0 Å². The highest BCUT2D eigenvalue weighted by atomic mass is 19.1. The summed E-state index contributed by atoms with van der Waals surface area (Å²) in [5.41, 5.74) is 1.53. The fraction of sp³-hybridized carbons (Fsp3) is 0.632. The molecule has 2 aliphatic heterocycles. The second-order valence-electron chi connectivity index (χ2n) is 7.50. The normalized spacial score (nSPS) is 26.3. The molecule has 0 spiro atoms. The smallest absolute Gasteiger partial charge is 0.191 e. The van der Waals surface area contributed by atoms with Crippen LogP contribution in [0.5, 0.6) is 5.75 Å². The van der Waals surface area contributed by atoms with E-state index in [-0.39, 0.29) is 12.6 Å². The molecule has 4 rings (SSSR count). The van der Waals surface area contributed by atoms with Crippen molar-refractivity contribution in [2.75, 3.05) is 26.9 Å². The first-order chi connectivity index (χ1) is 12.6. The summed E-state index contributed by atoms with van der Waals surface area (Å²) in [5, 5.41) is 6.83. The first-order valence-electron chi connectivity index (χ1n) is 9.37. The van der Waals surface area contributed by atoms with Gasteiger partial charge in [-0.05, 0) is 30.9 Å². The second-order valence-corrected chi connectivity index (χ2v) is 7.50. The van der Waals surface area contributed by atoms with Gasteiger partial charge in [0.1, 0.15) is 11.6 Å². The van der Waals surface area contributed by atoms with Crippen LogP contribution in [0.3, 0.4) is 0 Å². The number of aliphatic imine (C=N–C) groups is 1. The van der Waals surface area contributed by atoms with Gasteiger partial charge >= 0.3 is 0 Å². The number of ether oxygens (including phenoxy) is 2. The molecule has 1 saturated heterocycles. The van der Waals surface area contributed by atoms with Gasteiger partial charge in [0.15, 0.2) is 12.8 Å². The topological polar surface area (TPSA) is 58.1 Å². The lowest BCUT2D eigenvalue weighted by Gasteiger charge is -2.23. The molecule has 1 aromatic rings. The van der Waals surface area contributed by atoms with Crippen molar-refractivity contribution in [1.82, 2.24) is 15.5 Å². The minimum Gasteiger partial charge on any atom is -0.467 e. The molecule has 2 unspecified atom stereocenters. The summed E-state index contributed by atoms with van der Waals surface area (Å²) in [6.07, 6.45) is 2.67. The van der Waals surface area contributed by atoms with Crippen molar-refractivity contribution in [2.24, 2.45) is 10.9 Å². The standard InChI is InChI=1S/C19H27FN4O2/c1-12-8-24(16-3-4-16)9-17(12)23-19(21-2)22-7-13-5-15(20)6-14-10-25-11-26-18(13)14/h5-6,12,16-17H,3-4,7-11H2,1-2H3,(H2,21,22,23). The molecule has 0 radical (unpaired) electrons. The summed E-state index contributed by atoms with van der Waals surface area (Å²) in [5.74, 6) is 1.76. The van der Waals surface area contributed by atoms with E-state index in [9.17, 15) is 4.39 Å². The highest BCUT2D eigenvalue weighted by Gasteiger charge is 2.38. The second kappa shape index (κ2) is 7.40. The number of halogens is 1. The van der Waals surface area contributed by atoms with Crippen molar-refractivity contribution in [3.63, 3.8) is 0 Å². The number of hydrogen-bond acceptors (Lipinski definition) is 4.